The van der Waals surface area contributed by atoms with Crippen molar-refractivity contribution in [3.8, 4) is 5.75 Å². The number of benzene rings is 1. The van der Waals surface area contributed by atoms with Crippen LogP contribution in [0.2, 0.25) is 0 Å². The topological polar surface area (TPSA) is 38.7 Å². The lowest BCUT2D eigenvalue weighted by Crippen LogP contribution is -2.38. The van der Waals surface area contributed by atoms with Crippen LogP contribution in [0.5, 0.6) is 5.75 Å². The zero-order valence-corrected chi connectivity index (χ0v) is 12.6. The first kappa shape index (κ1) is 15.3. The molecular weight excluding hydrogens is 252 g/mol. The highest BCUT2D eigenvalue weighted by molar-refractivity contribution is 5.31. The van der Waals surface area contributed by atoms with E-state index in [4.69, 9.17) is 9.47 Å². The highest BCUT2D eigenvalue weighted by Crippen LogP contribution is 2.40. The Morgan fingerprint density at radius 2 is 1.90 bits per heavy atom. The van der Waals surface area contributed by atoms with Gasteiger partial charge in [0.1, 0.15) is 11.9 Å². The average molecular weight is 278 g/mol. The standard InChI is InChI=1S/C17H26O3/c1-3-20-15-10-8-9-14(13-15)16(18)17(19-2)11-6-4-5-7-12-17/h8-10,13,16,18H,3-7,11-12H2,1-2H3. The van der Waals surface area contributed by atoms with E-state index in [9.17, 15) is 5.11 Å². The molecule has 1 N–H and O–H groups in total. The van der Waals surface area contributed by atoms with Crippen LogP contribution in [0.1, 0.15) is 57.1 Å². The number of hydrogen-bond donors (Lipinski definition) is 1. The highest BCUT2D eigenvalue weighted by atomic mass is 16.5. The molecule has 1 aromatic carbocycles. The molecule has 0 radical (unpaired) electrons. The van der Waals surface area contributed by atoms with Crippen LogP contribution >= 0.6 is 0 Å². The third-order valence-corrected chi connectivity index (χ3v) is 4.34. The van der Waals surface area contributed by atoms with Gasteiger partial charge in [-0.05, 0) is 37.5 Å². The summed E-state index contributed by atoms with van der Waals surface area (Å²) in [5, 5.41) is 10.8. The van der Waals surface area contributed by atoms with Crippen molar-refractivity contribution >= 4 is 0 Å². The molecule has 2 rings (SSSR count). The smallest absolute Gasteiger partial charge is 0.119 e. The molecule has 1 aliphatic rings. The predicted octanol–water partition coefficient (Wildman–Crippen LogP) is 3.86. The van der Waals surface area contributed by atoms with E-state index in [1.807, 2.05) is 31.2 Å². The quantitative estimate of drug-likeness (QED) is 0.831. The fourth-order valence-electron chi connectivity index (χ4n) is 3.16. The van der Waals surface area contributed by atoms with Gasteiger partial charge in [0.05, 0.1) is 12.2 Å². The van der Waals surface area contributed by atoms with Crippen molar-refractivity contribution in [3.63, 3.8) is 0 Å². The summed E-state index contributed by atoms with van der Waals surface area (Å²) >= 11 is 0. The van der Waals surface area contributed by atoms with E-state index in [1.165, 1.54) is 12.8 Å². The van der Waals surface area contributed by atoms with Gasteiger partial charge < -0.3 is 14.6 Å². The van der Waals surface area contributed by atoms with E-state index >= 15 is 0 Å². The number of hydrogen-bond acceptors (Lipinski definition) is 3. The molecule has 3 nitrogen and oxygen atoms in total. The zero-order chi connectivity index (χ0) is 14.4. The minimum Gasteiger partial charge on any atom is -0.494 e. The van der Waals surface area contributed by atoms with Crippen molar-refractivity contribution in [1.82, 2.24) is 0 Å². The second kappa shape index (κ2) is 7.09. The molecule has 0 saturated heterocycles. The summed E-state index contributed by atoms with van der Waals surface area (Å²) in [6.45, 7) is 2.60. The van der Waals surface area contributed by atoms with Crippen LogP contribution in [0.3, 0.4) is 0 Å². The largest absolute Gasteiger partial charge is 0.494 e. The van der Waals surface area contributed by atoms with Crippen molar-refractivity contribution in [1.29, 1.82) is 0 Å². The second-order valence-electron chi connectivity index (χ2n) is 5.59. The van der Waals surface area contributed by atoms with E-state index in [0.29, 0.717) is 6.61 Å². The molecule has 0 heterocycles. The Kier molecular flexibility index (Phi) is 5.44. The van der Waals surface area contributed by atoms with Gasteiger partial charge in [0.2, 0.25) is 0 Å². The molecule has 3 heteroatoms. The molecular formula is C17H26O3. The fourth-order valence-corrected chi connectivity index (χ4v) is 3.16. The van der Waals surface area contributed by atoms with Crippen LogP contribution in [-0.4, -0.2) is 24.4 Å². The van der Waals surface area contributed by atoms with Crippen molar-refractivity contribution < 1.29 is 14.6 Å². The van der Waals surface area contributed by atoms with Gasteiger partial charge >= 0.3 is 0 Å². The van der Waals surface area contributed by atoms with E-state index in [1.54, 1.807) is 7.11 Å². The van der Waals surface area contributed by atoms with Crippen LogP contribution < -0.4 is 4.74 Å². The Labute approximate surface area is 121 Å². The first-order valence-electron chi connectivity index (χ1n) is 7.68. The van der Waals surface area contributed by atoms with E-state index in [2.05, 4.69) is 0 Å². The van der Waals surface area contributed by atoms with E-state index < -0.39 is 11.7 Å². The summed E-state index contributed by atoms with van der Waals surface area (Å²) < 4.78 is 11.3. The summed E-state index contributed by atoms with van der Waals surface area (Å²) in [4.78, 5) is 0. The summed E-state index contributed by atoms with van der Waals surface area (Å²) in [5.41, 5.74) is 0.445. The summed E-state index contributed by atoms with van der Waals surface area (Å²) in [6, 6.07) is 7.74. The number of rotatable bonds is 5. The SMILES string of the molecule is CCOc1cccc(C(O)C2(OC)CCCCCC2)c1. The Balaban J connectivity index is 2.22. The van der Waals surface area contributed by atoms with Gasteiger partial charge in [0.15, 0.2) is 0 Å². The summed E-state index contributed by atoms with van der Waals surface area (Å²) in [6.07, 6.45) is 5.96. The third kappa shape index (κ3) is 3.33. The Hall–Kier alpha value is -1.06. The monoisotopic (exact) mass is 278 g/mol. The maximum absolute atomic E-state index is 10.8. The maximum atomic E-state index is 10.8. The lowest BCUT2D eigenvalue weighted by molar-refractivity contribution is -0.114. The lowest BCUT2D eigenvalue weighted by Gasteiger charge is -2.36. The molecule has 0 aliphatic heterocycles. The molecule has 1 aliphatic carbocycles. The molecule has 20 heavy (non-hydrogen) atoms. The van der Waals surface area contributed by atoms with Crippen LogP contribution in [0.15, 0.2) is 24.3 Å². The van der Waals surface area contributed by atoms with Crippen LogP contribution in [0.25, 0.3) is 0 Å². The summed E-state index contributed by atoms with van der Waals surface area (Å²) in [7, 11) is 1.72. The maximum Gasteiger partial charge on any atom is 0.119 e. The van der Waals surface area contributed by atoms with Gasteiger partial charge in [-0.3, -0.25) is 0 Å². The first-order valence-corrected chi connectivity index (χ1v) is 7.68. The highest BCUT2D eigenvalue weighted by Gasteiger charge is 2.39. The van der Waals surface area contributed by atoms with E-state index in [-0.39, 0.29) is 0 Å². The number of aliphatic hydroxyl groups is 1. The molecule has 1 atom stereocenters. The molecule has 112 valence electrons. The molecule has 1 saturated carbocycles. The molecule has 0 amide bonds. The Morgan fingerprint density at radius 3 is 2.50 bits per heavy atom. The Bertz CT molecular complexity index is 408. The van der Waals surface area contributed by atoms with Crippen LogP contribution in [0.4, 0.5) is 0 Å². The zero-order valence-electron chi connectivity index (χ0n) is 12.6. The molecule has 0 bridgehead atoms. The number of methoxy groups -OCH3 is 1. The summed E-state index contributed by atoms with van der Waals surface area (Å²) in [5.74, 6) is 0.809. The van der Waals surface area contributed by atoms with Gasteiger partial charge in [-0.2, -0.15) is 0 Å². The van der Waals surface area contributed by atoms with Gasteiger partial charge in [-0.25, -0.2) is 0 Å². The average Bonchev–Trinajstić information content (AvgIpc) is 2.73. The van der Waals surface area contributed by atoms with Gasteiger partial charge in [-0.15, -0.1) is 0 Å². The normalized spacial score (nSPS) is 20.1. The van der Waals surface area contributed by atoms with Crippen LogP contribution in [0, 0.1) is 0 Å². The minimum atomic E-state index is -0.592. The third-order valence-electron chi connectivity index (χ3n) is 4.34. The van der Waals surface area contributed by atoms with Gasteiger partial charge in [0, 0.05) is 7.11 Å². The first-order chi connectivity index (χ1) is 9.72. The number of aliphatic hydroxyl groups excluding tert-OH is 1. The molecule has 0 aromatic heterocycles. The molecule has 1 fully saturated rings. The number of ether oxygens (including phenoxy) is 2. The van der Waals surface area contributed by atoms with E-state index in [0.717, 1.165) is 37.0 Å². The minimum absolute atomic E-state index is 0.443. The van der Waals surface area contributed by atoms with Crippen molar-refractivity contribution in [3.05, 3.63) is 29.8 Å². The van der Waals surface area contributed by atoms with Crippen molar-refractivity contribution in [2.45, 2.75) is 57.2 Å². The van der Waals surface area contributed by atoms with Gasteiger partial charge in [-0.1, -0.05) is 37.8 Å². The van der Waals surface area contributed by atoms with Crippen LogP contribution in [-0.2, 0) is 4.74 Å². The predicted molar refractivity (Wildman–Crippen MR) is 80.0 cm³/mol. The lowest BCUT2D eigenvalue weighted by atomic mass is 9.84. The molecule has 0 spiro atoms. The molecule has 1 unspecified atom stereocenters. The molecule has 1 aromatic rings. The second-order valence-corrected chi connectivity index (χ2v) is 5.59. The van der Waals surface area contributed by atoms with Crippen molar-refractivity contribution in [2.24, 2.45) is 0 Å². The Morgan fingerprint density at radius 1 is 1.20 bits per heavy atom. The van der Waals surface area contributed by atoms with Crippen molar-refractivity contribution in [2.75, 3.05) is 13.7 Å². The van der Waals surface area contributed by atoms with Gasteiger partial charge in [0.25, 0.3) is 0 Å². The fraction of sp³-hybridized carbons (Fsp3) is 0.647.